The van der Waals surface area contributed by atoms with Crippen LogP contribution in [0.1, 0.15) is 17.5 Å². The molecule has 150 valence electrons. The lowest BCUT2D eigenvalue weighted by Gasteiger charge is -2.12. The van der Waals surface area contributed by atoms with Crippen molar-refractivity contribution in [3.8, 4) is 17.0 Å². The lowest BCUT2D eigenvalue weighted by Crippen LogP contribution is -2.19. The quantitative estimate of drug-likeness (QED) is 0.505. The van der Waals surface area contributed by atoms with Crippen LogP contribution in [0, 0.1) is 6.92 Å². The summed E-state index contributed by atoms with van der Waals surface area (Å²) in [5.41, 5.74) is 6.38. The molecule has 0 amide bonds. The third-order valence-electron chi connectivity index (χ3n) is 5.64. The van der Waals surface area contributed by atoms with Gasteiger partial charge in [-0.2, -0.15) is 0 Å². The van der Waals surface area contributed by atoms with Crippen LogP contribution in [0.25, 0.3) is 22.3 Å². The van der Waals surface area contributed by atoms with Crippen molar-refractivity contribution in [2.75, 3.05) is 7.11 Å². The minimum absolute atomic E-state index is 0.0122. The predicted octanol–water partition coefficient (Wildman–Crippen LogP) is 3.69. The van der Waals surface area contributed by atoms with E-state index < -0.39 is 0 Å². The van der Waals surface area contributed by atoms with E-state index in [1.807, 2.05) is 44.8 Å². The van der Waals surface area contributed by atoms with Gasteiger partial charge in [-0.25, -0.2) is 9.78 Å². The molecule has 6 heteroatoms. The Morgan fingerprint density at radius 1 is 1.07 bits per heavy atom. The maximum atomic E-state index is 12.3. The maximum Gasteiger partial charge on any atom is 0.328 e. The smallest absolute Gasteiger partial charge is 0.328 e. The van der Waals surface area contributed by atoms with E-state index in [0.717, 1.165) is 53.0 Å². The highest BCUT2D eigenvalue weighted by atomic mass is 16.5. The highest BCUT2D eigenvalue weighted by Gasteiger charge is 2.14. The Kier molecular flexibility index (Phi) is 5.01. The monoisotopic (exact) mass is 390 g/mol. The van der Waals surface area contributed by atoms with Gasteiger partial charge in [-0.1, -0.05) is 18.2 Å². The van der Waals surface area contributed by atoms with Crippen molar-refractivity contribution in [2.24, 2.45) is 14.1 Å². The topological polar surface area (TPSA) is 54.0 Å². The van der Waals surface area contributed by atoms with Crippen molar-refractivity contribution in [3.63, 3.8) is 0 Å². The van der Waals surface area contributed by atoms with Gasteiger partial charge in [0.2, 0.25) is 0 Å². The minimum Gasteiger partial charge on any atom is -0.496 e. The number of hydrogen-bond donors (Lipinski definition) is 0. The van der Waals surface area contributed by atoms with Crippen LogP contribution in [-0.2, 0) is 27.1 Å². The number of aromatic nitrogens is 4. The molecule has 0 saturated heterocycles. The van der Waals surface area contributed by atoms with Crippen LogP contribution >= 0.6 is 0 Å². The first kappa shape index (κ1) is 19.1. The van der Waals surface area contributed by atoms with Gasteiger partial charge in [0.1, 0.15) is 5.75 Å². The second-order valence-corrected chi connectivity index (χ2v) is 7.44. The Morgan fingerprint density at radius 3 is 2.55 bits per heavy atom. The second kappa shape index (κ2) is 7.62. The third kappa shape index (κ3) is 3.35. The molecule has 0 bridgehead atoms. The average Bonchev–Trinajstić information content (AvgIpc) is 3.27. The van der Waals surface area contributed by atoms with Crippen molar-refractivity contribution in [3.05, 3.63) is 70.5 Å². The van der Waals surface area contributed by atoms with Gasteiger partial charge >= 0.3 is 5.69 Å². The van der Waals surface area contributed by atoms with E-state index in [1.54, 1.807) is 16.2 Å². The molecular weight excluding hydrogens is 364 g/mol. The molecule has 0 unspecified atom stereocenters. The summed E-state index contributed by atoms with van der Waals surface area (Å²) in [5, 5.41) is 0. The van der Waals surface area contributed by atoms with Gasteiger partial charge in [0, 0.05) is 26.2 Å². The predicted molar refractivity (Wildman–Crippen MR) is 115 cm³/mol. The summed E-state index contributed by atoms with van der Waals surface area (Å²) < 4.78 is 11.0. The summed E-state index contributed by atoms with van der Waals surface area (Å²) >= 11 is 0. The molecule has 6 nitrogen and oxygen atoms in total. The molecule has 0 atom stereocenters. The van der Waals surface area contributed by atoms with E-state index in [9.17, 15) is 4.79 Å². The molecule has 0 aliphatic carbocycles. The van der Waals surface area contributed by atoms with Crippen LogP contribution in [0.4, 0.5) is 0 Å². The van der Waals surface area contributed by atoms with Crippen molar-refractivity contribution in [2.45, 2.75) is 26.3 Å². The minimum atomic E-state index is -0.0122. The number of fused-ring (bicyclic) bond motifs is 1. The molecule has 2 heterocycles. The van der Waals surface area contributed by atoms with E-state index in [4.69, 9.17) is 4.74 Å². The van der Waals surface area contributed by atoms with Crippen molar-refractivity contribution < 1.29 is 4.74 Å². The number of aryl methyl sites for hydroxylation is 5. The van der Waals surface area contributed by atoms with Gasteiger partial charge in [-0.15, -0.1) is 0 Å². The standard InChI is InChI=1S/C23H26N4O2/c1-16-12-19-20(26(3)23(28)25(19)2)13-18(16)21-14-24-15-27(21)11-7-9-17-8-5-6-10-22(17)29-4/h5-6,8,10,12-15H,7,9,11H2,1-4H3. The van der Waals surface area contributed by atoms with E-state index in [-0.39, 0.29) is 5.69 Å². The van der Waals surface area contributed by atoms with Gasteiger partial charge in [0.25, 0.3) is 0 Å². The summed E-state index contributed by atoms with van der Waals surface area (Å²) in [7, 11) is 5.34. The molecule has 0 aliphatic rings. The zero-order valence-electron chi connectivity index (χ0n) is 17.3. The fourth-order valence-electron chi connectivity index (χ4n) is 4.00. The number of rotatable bonds is 6. The summed E-state index contributed by atoms with van der Waals surface area (Å²) in [5.74, 6) is 0.935. The van der Waals surface area contributed by atoms with E-state index in [1.165, 1.54) is 5.56 Å². The summed E-state index contributed by atoms with van der Waals surface area (Å²) in [6, 6.07) is 12.3. The van der Waals surface area contributed by atoms with Crippen molar-refractivity contribution >= 4 is 11.0 Å². The van der Waals surface area contributed by atoms with Crippen LogP contribution in [-0.4, -0.2) is 25.8 Å². The van der Waals surface area contributed by atoms with Gasteiger partial charge in [-0.3, -0.25) is 9.13 Å². The second-order valence-electron chi connectivity index (χ2n) is 7.44. The first-order valence-corrected chi connectivity index (χ1v) is 9.79. The molecular formula is C23H26N4O2. The van der Waals surface area contributed by atoms with E-state index in [2.05, 4.69) is 34.7 Å². The third-order valence-corrected chi connectivity index (χ3v) is 5.64. The Morgan fingerprint density at radius 2 is 1.79 bits per heavy atom. The zero-order chi connectivity index (χ0) is 20.5. The molecule has 2 aromatic heterocycles. The Hall–Kier alpha value is -3.28. The van der Waals surface area contributed by atoms with Crippen LogP contribution in [0.3, 0.4) is 0 Å². The number of hydrogen-bond acceptors (Lipinski definition) is 3. The highest BCUT2D eigenvalue weighted by molar-refractivity contribution is 5.84. The maximum absolute atomic E-state index is 12.3. The molecule has 29 heavy (non-hydrogen) atoms. The lowest BCUT2D eigenvalue weighted by atomic mass is 10.0. The van der Waals surface area contributed by atoms with Crippen molar-refractivity contribution in [1.82, 2.24) is 18.7 Å². The first-order valence-electron chi connectivity index (χ1n) is 9.79. The van der Waals surface area contributed by atoms with E-state index >= 15 is 0 Å². The van der Waals surface area contributed by atoms with Crippen LogP contribution < -0.4 is 10.4 Å². The molecule has 4 rings (SSSR count). The molecule has 0 N–H and O–H groups in total. The average molecular weight is 390 g/mol. The molecule has 0 spiro atoms. The molecule has 0 radical (unpaired) electrons. The number of para-hydroxylation sites is 1. The van der Waals surface area contributed by atoms with Crippen LogP contribution in [0.15, 0.2) is 53.7 Å². The van der Waals surface area contributed by atoms with E-state index in [0.29, 0.717) is 0 Å². The van der Waals surface area contributed by atoms with Gasteiger partial charge in [0.15, 0.2) is 0 Å². The SMILES string of the molecule is COc1ccccc1CCCn1cncc1-c1cc2c(cc1C)n(C)c(=O)n2C. The number of imidazole rings is 2. The van der Waals surface area contributed by atoms with Crippen LogP contribution in [0.2, 0.25) is 0 Å². The zero-order valence-corrected chi connectivity index (χ0v) is 17.3. The molecule has 0 aliphatic heterocycles. The highest BCUT2D eigenvalue weighted by Crippen LogP contribution is 2.28. The number of benzene rings is 2. The largest absolute Gasteiger partial charge is 0.496 e. The summed E-state index contributed by atoms with van der Waals surface area (Å²) in [4.78, 5) is 16.7. The van der Waals surface area contributed by atoms with Gasteiger partial charge < -0.3 is 9.30 Å². The molecule has 4 aromatic rings. The Labute approximate surface area is 170 Å². The Bertz CT molecular complexity index is 1230. The normalized spacial score (nSPS) is 11.3. The number of nitrogens with zero attached hydrogens (tertiary/aromatic N) is 4. The summed E-state index contributed by atoms with van der Waals surface area (Å²) in [6.45, 7) is 2.94. The fraction of sp³-hybridized carbons (Fsp3) is 0.304. The molecule has 0 fully saturated rings. The molecule has 2 aromatic carbocycles. The lowest BCUT2D eigenvalue weighted by molar-refractivity contribution is 0.408. The first-order chi connectivity index (χ1) is 14.0. The van der Waals surface area contributed by atoms with Crippen LogP contribution in [0.5, 0.6) is 5.75 Å². The Balaban J connectivity index is 1.62. The number of ether oxygens (including phenoxy) is 1. The van der Waals surface area contributed by atoms with Crippen molar-refractivity contribution in [1.29, 1.82) is 0 Å². The van der Waals surface area contributed by atoms with Gasteiger partial charge in [0.05, 0.1) is 36.4 Å². The fourth-order valence-corrected chi connectivity index (χ4v) is 4.00. The van der Waals surface area contributed by atoms with Gasteiger partial charge in [-0.05, 0) is 49.1 Å². The summed E-state index contributed by atoms with van der Waals surface area (Å²) in [6.07, 6.45) is 5.70. The molecule has 0 saturated carbocycles. The number of methoxy groups -OCH3 is 1.